The van der Waals surface area contributed by atoms with Gasteiger partial charge in [0.1, 0.15) is 6.04 Å². The van der Waals surface area contributed by atoms with Crippen molar-refractivity contribution >= 4 is 22.4 Å². The maximum Gasteiger partial charge on any atom is 0.245 e. The summed E-state index contributed by atoms with van der Waals surface area (Å²) in [4.78, 5) is 18.1. The van der Waals surface area contributed by atoms with Crippen LogP contribution in [0.5, 0.6) is 0 Å². The van der Waals surface area contributed by atoms with Crippen LogP contribution in [0.2, 0.25) is 0 Å². The third-order valence-electron chi connectivity index (χ3n) is 3.81. The Hall–Kier alpha value is -0.980. The molecule has 0 saturated carbocycles. The maximum absolute atomic E-state index is 12.1. The minimum atomic E-state index is -0.254. The fourth-order valence-electron chi connectivity index (χ4n) is 2.69. The van der Waals surface area contributed by atoms with E-state index >= 15 is 0 Å². The second kappa shape index (κ2) is 6.65. The lowest BCUT2D eigenvalue weighted by Crippen LogP contribution is -2.48. The summed E-state index contributed by atoms with van der Waals surface area (Å²) >= 11 is 1.64. The van der Waals surface area contributed by atoms with E-state index in [2.05, 4.69) is 15.6 Å². The van der Waals surface area contributed by atoms with Crippen molar-refractivity contribution in [3.05, 3.63) is 10.6 Å². The Balaban J connectivity index is 1.64. The van der Waals surface area contributed by atoms with Gasteiger partial charge in [-0.1, -0.05) is 12.8 Å². The van der Waals surface area contributed by atoms with Crippen molar-refractivity contribution in [3.63, 3.8) is 0 Å². The average molecular weight is 295 g/mol. The molecule has 2 N–H and O–H groups in total. The molecule has 6 heteroatoms. The summed E-state index contributed by atoms with van der Waals surface area (Å²) in [5, 5.41) is 6.84. The number of fused-ring (bicyclic) bond motifs is 1. The van der Waals surface area contributed by atoms with Crippen molar-refractivity contribution in [2.24, 2.45) is 0 Å². The summed E-state index contributed by atoms with van der Waals surface area (Å²) in [5.74, 6) is -0.0357. The number of nitrogens with zero attached hydrogens (tertiary/aromatic N) is 1. The van der Waals surface area contributed by atoms with Gasteiger partial charge in [0.25, 0.3) is 0 Å². The molecule has 0 radical (unpaired) electrons. The molecule has 1 aromatic rings. The van der Waals surface area contributed by atoms with Crippen LogP contribution in [-0.2, 0) is 22.4 Å². The van der Waals surface area contributed by atoms with Crippen molar-refractivity contribution in [1.29, 1.82) is 0 Å². The van der Waals surface area contributed by atoms with E-state index in [-0.39, 0.29) is 11.9 Å². The molecule has 2 heterocycles. The summed E-state index contributed by atoms with van der Waals surface area (Å²) < 4.78 is 5.31. The molecule has 20 heavy (non-hydrogen) atoms. The number of amides is 1. The van der Waals surface area contributed by atoms with Gasteiger partial charge in [0.05, 0.1) is 18.9 Å². The van der Waals surface area contributed by atoms with Crippen LogP contribution < -0.4 is 10.6 Å². The molecular weight excluding hydrogens is 274 g/mol. The van der Waals surface area contributed by atoms with Gasteiger partial charge in [-0.25, -0.2) is 4.98 Å². The summed E-state index contributed by atoms with van der Waals surface area (Å²) in [5.41, 5.74) is 1.19. The number of carbonyl (C=O) groups excluding carboxylic acids is 1. The number of ether oxygens (including phenoxy) is 1. The number of aromatic nitrogens is 1. The van der Waals surface area contributed by atoms with Crippen LogP contribution in [0.4, 0.5) is 5.13 Å². The van der Waals surface area contributed by atoms with Gasteiger partial charge in [-0.05, 0) is 25.7 Å². The number of morpholine rings is 1. The predicted octanol–water partition coefficient (Wildman–Crippen LogP) is 1.73. The molecule has 1 aliphatic carbocycles. The highest BCUT2D eigenvalue weighted by atomic mass is 32.1. The van der Waals surface area contributed by atoms with E-state index in [4.69, 9.17) is 4.74 Å². The lowest BCUT2D eigenvalue weighted by Gasteiger charge is -2.22. The predicted molar refractivity (Wildman–Crippen MR) is 79.2 cm³/mol. The van der Waals surface area contributed by atoms with E-state index in [0.717, 1.165) is 24.5 Å². The zero-order valence-electron chi connectivity index (χ0n) is 11.6. The number of rotatable bonds is 2. The van der Waals surface area contributed by atoms with E-state index < -0.39 is 0 Å². The number of carbonyl (C=O) groups is 1. The van der Waals surface area contributed by atoms with Gasteiger partial charge in [0.2, 0.25) is 5.91 Å². The number of anilines is 1. The van der Waals surface area contributed by atoms with Gasteiger partial charge in [-0.3, -0.25) is 4.79 Å². The third-order valence-corrected chi connectivity index (χ3v) is 4.89. The van der Waals surface area contributed by atoms with Gasteiger partial charge in [0.15, 0.2) is 5.13 Å². The Bertz CT molecular complexity index is 443. The minimum absolute atomic E-state index is 0.0357. The summed E-state index contributed by atoms with van der Waals surface area (Å²) in [7, 11) is 0. The molecule has 5 nitrogen and oxygen atoms in total. The van der Waals surface area contributed by atoms with Gasteiger partial charge >= 0.3 is 0 Å². The molecular formula is C14H21N3O2S. The van der Waals surface area contributed by atoms with Crippen molar-refractivity contribution in [2.45, 2.75) is 44.6 Å². The Labute approximate surface area is 123 Å². The van der Waals surface area contributed by atoms with E-state index in [1.54, 1.807) is 11.3 Å². The molecule has 110 valence electrons. The van der Waals surface area contributed by atoms with E-state index in [9.17, 15) is 4.79 Å². The molecule has 1 unspecified atom stereocenters. The van der Waals surface area contributed by atoms with Crippen molar-refractivity contribution in [1.82, 2.24) is 10.3 Å². The highest BCUT2D eigenvalue weighted by molar-refractivity contribution is 7.15. The first-order chi connectivity index (χ1) is 9.83. The average Bonchev–Trinajstić information content (AvgIpc) is 2.81. The molecule has 1 amide bonds. The molecule has 1 atom stereocenters. The second-order valence-electron chi connectivity index (χ2n) is 5.37. The van der Waals surface area contributed by atoms with Crippen LogP contribution in [0, 0.1) is 0 Å². The molecule has 3 rings (SSSR count). The highest BCUT2D eigenvalue weighted by Gasteiger charge is 2.23. The minimum Gasteiger partial charge on any atom is -0.378 e. The smallest absolute Gasteiger partial charge is 0.245 e. The number of nitrogens with one attached hydrogen (secondary N) is 2. The molecule has 0 aromatic carbocycles. The van der Waals surface area contributed by atoms with Crippen LogP contribution in [0.25, 0.3) is 0 Å². The zero-order chi connectivity index (χ0) is 13.8. The molecule has 0 bridgehead atoms. The van der Waals surface area contributed by atoms with E-state index in [1.165, 1.54) is 36.3 Å². The van der Waals surface area contributed by atoms with Crippen LogP contribution in [-0.4, -0.2) is 36.7 Å². The Morgan fingerprint density at radius 1 is 1.30 bits per heavy atom. The summed E-state index contributed by atoms with van der Waals surface area (Å²) in [6.07, 6.45) is 7.20. The number of hydrogen-bond donors (Lipinski definition) is 2. The normalized spacial score (nSPS) is 23.5. The first-order valence-electron chi connectivity index (χ1n) is 7.43. The third kappa shape index (κ3) is 3.37. The SMILES string of the molecule is O=C(Nc1nc2c(s1)CCCCCC2)C1COCCN1. The summed E-state index contributed by atoms with van der Waals surface area (Å²) in [6, 6.07) is -0.254. The van der Waals surface area contributed by atoms with Gasteiger partial charge in [-0.2, -0.15) is 0 Å². The second-order valence-corrected chi connectivity index (χ2v) is 6.46. The van der Waals surface area contributed by atoms with Crippen LogP contribution in [0.3, 0.4) is 0 Å². The Morgan fingerprint density at radius 2 is 2.15 bits per heavy atom. The molecule has 1 aliphatic heterocycles. The van der Waals surface area contributed by atoms with Gasteiger partial charge in [0, 0.05) is 11.4 Å². The van der Waals surface area contributed by atoms with Crippen LogP contribution >= 0.6 is 11.3 Å². The molecule has 2 aliphatic rings. The number of hydrogen-bond acceptors (Lipinski definition) is 5. The van der Waals surface area contributed by atoms with Crippen molar-refractivity contribution in [3.8, 4) is 0 Å². The van der Waals surface area contributed by atoms with Crippen LogP contribution in [0.1, 0.15) is 36.3 Å². The van der Waals surface area contributed by atoms with E-state index in [0.29, 0.717) is 13.2 Å². The molecule has 1 aromatic heterocycles. The highest BCUT2D eigenvalue weighted by Crippen LogP contribution is 2.28. The standard InChI is InChI=1S/C14H21N3O2S/c18-13(11-9-19-8-7-15-11)17-14-16-10-5-3-1-2-4-6-12(10)20-14/h11,15H,1-9H2,(H,16,17,18). The first kappa shape index (κ1) is 14.0. The monoisotopic (exact) mass is 295 g/mol. The molecule has 0 spiro atoms. The number of thiazole rings is 1. The van der Waals surface area contributed by atoms with Crippen molar-refractivity contribution in [2.75, 3.05) is 25.1 Å². The fraction of sp³-hybridized carbons (Fsp3) is 0.714. The number of aryl methyl sites for hydroxylation is 2. The van der Waals surface area contributed by atoms with Gasteiger partial charge < -0.3 is 15.4 Å². The Morgan fingerprint density at radius 3 is 2.95 bits per heavy atom. The maximum atomic E-state index is 12.1. The quantitative estimate of drug-likeness (QED) is 0.872. The largest absolute Gasteiger partial charge is 0.378 e. The Kier molecular flexibility index (Phi) is 4.65. The first-order valence-corrected chi connectivity index (χ1v) is 8.25. The van der Waals surface area contributed by atoms with Gasteiger partial charge in [-0.15, -0.1) is 11.3 Å². The van der Waals surface area contributed by atoms with Crippen LogP contribution in [0.15, 0.2) is 0 Å². The topological polar surface area (TPSA) is 63.2 Å². The van der Waals surface area contributed by atoms with E-state index in [1.807, 2.05) is 0 Å². The lowest BCUT2D eigenvalue weighted by molar-refractivity contribution is -0.120. The summed E-state index contributed by atoms with van der Waals surface area (Å²) in [6.45, 7) is 1.85. The van der Waals surface area contributed by atoms with Crippen molar-refractivity contribution < 1.29 is 9.53 Å². The molecule has 1 saturated heterocycles. The lowest BCUT2D eigenvalue weighted by atomic mass is 10.0. The fourth-order valence-corrected chi connectivity index (χ4v) is 3.74. The zero-order valence-corrected chi connectivity index (χ0v) is 12.4. The molecule has 1 fully saturated rings.